The van der Waals surface area contributed by atoms with E-state index in [1.54, 1.807) is 33.4 Å². The monoisotopic (exact) mass is 365 g/mol. The largest absolute Gasteiger partial charge is 0.497 e. The van der Waals surface area contributed by atoms with Gasteiger partial charge in [0, 0.05) is 30.9 Å². The van der Waals surface area contributed by atoms with E-state index in [1.165, 1.54) is 4.57 Å². The van der Waals surface area contributed by atoms with E-state index in [-0.39, 0.29) is 5.56 Å². The molecule has 0 spiro atoms. The van der Waals surface area contributed by atoms with Gasteiger partial charge in [-0.15, -0.1) is 10.2 Å². The lowest BCUT2D eigenvalue weighted by atomic mass is 10.2. The number of methoxy groups -OCH3 is 2. The Balaban J connectivity index is 1.77. The highest BCUT2D eigenvalue weighted by atomic mass is 16.5. The van der Waals surface area contributed by atoms with Gasteiger partial charge in [-0.25, -0.2) is 0 Å². The summed E-state index contributed by atoms with van der Waals surface area (Å²) in [5, 5.41) is 12.4. The Bertz CT molecular complexity index is 1170. The molecule has 0 saturated heterocycles. The number of para-hydroxylation sites is 1. The van der Waals surface area contributed by atoms with Gasteiger partial charge in [-0.3, -0.25) is 13.8 Å². The molecule has 27 heavy (non-hydrogen) atoms. The second-order valence-corrected chi connectivity index (χ2v) is 6.09. The highest BCUT2D eigenvalue weighted by molar-refractivity contribution is 5.80. The van der Waals surface area contributed by atoms with Crippen molar-refractivity contribution >= 4 is 22.4 Å². The molecule has 0 bridgehead atoms. The number of aryl methyl sites for hydroxylation is 1. The minimum absolute atomic E-state index is 0.0949. The smallest absolute Gasteiger partial charge is 0.262 e. The number of aromatic nitrogens is 4. The molecule has 4 rings (SSSR count). The van der Waals surface area contributed by atoms with Crippen LogP contribution in [0, 0.1) is 0 Å². The van der Waals surface area contributed by atoms with Crippen LogP contribution >= 0.6 is 0 Å². The van der Waals surface area contributed by atoms with Crippen LogP contribution in [0.3, 0.4) is 0 Å². The van der Waals surface area contributed by atoms with Crippen molar-refractivity contribution in [2.45, 2.75) is 6.54 Å². The van der Waals surface area contributed by atoms with E-state index < -0.39 is 0 Å². The average molecular weight is 365 g/mol. The van der Waals surface area contributed by atoms with Gasteiger partial charge in [0.15, 0.2) is 5.82 Å². The molecule has 0 aliphatic carbocycles. The number of nitrogens with one attached hydrogen (secondary N) is 1. The topological polar surface area (TPSA) is 82.7 Å². The number of anilines is 1. The lowest BCUT2D eigenvalue weighted by Gasteiger charge is -2.11. The van der Waals surface area contributed by atoms with Gasteiger partial charge < -0.3 is 14.8 Å². The number of nitrogens with zero attached hydrogens (tertiary/aromatic N) is 4. The quantitative estimate of drug-likeness (QED) is 0.584. The molecule has 2 aromatic heterocycles. The molecule has 138 valence electrons. The Morgan fingerprint density at radius 1 is 1.04 bits per heavy atom. The van der Waals surface area contributed by atoms with E-state index in [0.717, 1.165) is 11.2 Å². The first-order chi connectivity index (χ1) is 13.1. The number of hydrogen-bond donors (Lipinski definition) is 1. The Morgan fingerprint density at radius 2 is 1.74 bits per heavy atom. The summed E-state index contributed by atoms with van der Waals surface area (Å²) in [6, 6.07) is 13.0. The first kappa shape index (κ1) is 16.9. The van der Waals surface area contributed by atoms with Gasteiger partial charge in [0.05, 0.1) is 31.7 Å². The van der Waals surface area contributed by atoms with Gasteiger partial charge >= 0.3 is 0 Å². The third kappa shape index (κ3) is 2.84. The summed E-state index contributed by atoms with van der Waals surface area (Å²) in [7, 11) is 4.91. The summed E-state index contributed by atoms with van der Waals surface area (Å²) in [6.45, 7) is 0.416. The molecule has 0 unspecified atom stereocenters. The molecule has 8 nitrogen and oxygen atoms in total. The molecule has 0 atom stereocenters. The van der Waals surface area contributed by atoms with Crippen molar-refractivity contribution < 1.29 is 9.47 Å². The zero-order chi connectivity index (χ0) is 19.0. The normalized spacial score (nSPS) is 11.1. The number of benzene rings is 2. The highest BCUT2D eigenvalue weighted by Gasteiger charge is 2.14. The van der Waals surface area contributed by atoms with Crippen molar-refractivity contribution in [3.8, 4) is 11.5 Å². The zero-order valence-corrected chi connectivity index (χ0v) is 15.3. The zero-order valence-electron chi connectivity index (χ0n) is 15.3. The molecule has 0 amide bonds. The van der Waals surface area contributed by atoms with Crippen LogP contribution in [0.15, 0.2) is 47.3 Å². The molecule has 1 N–H and O–H groups in total. The number of fused-ring (bicyclic) bond motifs is 3. The van der Waals surface area contributed by atoms with Crippen molar-refractivity contribution in [1.82, 2.24) is 19.2 Å². The van der Waals surface area contributed by atoms with E-state index in [9.17, 15) is 4.79 Å². The first-order valence-corrected chi connectivity index (χ1v) is 8.41. The maximum Gasteiger partial charge on any atom is 0.262 e. The molecule has 4 aromatic rings. The minimum Gasteiger partial charge on any atom is -0.497 e. The second kappa shape index (κ2) is 6.64. The predicted molar refractivity (Wildman–Crippen MR) is 103 cm³/mol. The molecule has 2 heterocycles. The van der Waals surface area contributed by atoms with Crippen molar-refractivity contribution in [2.75, 3.05) is 19.5 Å². The fourth-order valence-corrected chi connectivity index (χ4v) is 3.10. The Kier molecular flexibility index (Phi) is 4.15. The fraction of sp³-hybridized carbons (Fsp3) is 0.211. The van der Waals surface area contributed by atoms with E-state index in [1.807, 2.05) is 34.7 Å². The summed E-state index contributed by atoms with van der Waals surface area (Å²) < 4.78 is 14.0. The highest BCUT2D eigenvalue weighted by Crippen LogP contribution is 2.26. The van der Waals surface area contributed by atoms with Crippen LogP contribution in [0.5, 0.6) is 11.5 Å². The lowest BCUT2D eigenvalue weighted by molar-refractivity contribution is 0.394. The van der Waals surface area contributed by atoms with Crippen molar-refractivity contribution in [1.29, 1.82) is 0 Å². The fourth-order valence-electron chi connectivity index (χ4n) is 3.10. The maximum absolute atomic E-state index is 12.5. The lowest BCUT2D eigenvalue weighted by Crippen LogP contribution is -2.20. The van der Waals surface area contributed by atoms with Crippen LogP contribution in [0.4, 0.5) is 5.69 Å². The molecule has 2 aromatic carbocycles. The SMILES string of the molecule is COc1cc(NCc2nnc3n(C)c(=O)c4ccccc4n23)cc(OC)c1. The summed E-state index contributed by atoms with van der Waals surface area (Å²) in [5.41, 5.74) is 1.51. The van der Waals surface area contributed by atoms with Crippen LogP contribution in [-0.2, 0) is 13.6 Å². The molecular formula is C19H19N5O3. The standard InChI is InChI=1S/C19H19N5O3/c1-23-18(25)15-6-4-5-7-16(15)24-17(21-22-19(23)24)11-20-12-8-13(26-2)10-14(9-12)27-3/h4-10,20H,11H2,1-3H3. The Morgan fingerprint density at radius 3 is 2.44 bits per heavy atom. The van der Waals surface area contributed by atoms with Crippen LogP contribution in [-0.4, -0.2) is 33.4 Å². The average Bonchev–Trinajstić information content (AvgIpc) is 3.14. The number of hydrogen-bond acceptors (Lipinski definition) is 6. The molecule has 8 heteroatoms. The van der Waals surface area contributed by atoms with Crippen molar-refractivity contribution in [3.05, 3.63) is 58.6 Å². The number of rotatable bonds is 5. The van der Waals surface area contributed by atoms with Crippen molar-refractivity contribution in [3.63, 3.8) is 0 Å². The van der Waals surface area contributed by atoms with Gasteiger partial charge in [-0.05, 0) is 12.1 Å². The predicted octanol–water partition coefficient (Wildman–Crippen LogP) is 2.21. The van der Waals surface area contributed by atoms with E-state index in [4.69, 9.17) is 9.47 Å². The van der Waals surface area contributed by atoms with Crippen LogP contribution in [0.1, 0.15) is 5.82 Å². The minimum atomic E-state index is -0.0949. The summed E-state index contributed by atoms with van der Waals surface area (Å²) >= 11 is 0. The third-order valence-electron chi connectivity index (χ3n) is 4.50. The molecule has 0 fully saturated rings. The molecule has 0 aliphatic heterocycles. The molecule has 0 radical (unpaired) electrons. The Hall–Kier alpha value is -3.55. The summed E-state index contributed by atoms with van der Waals surface area (Å²) in [4.78, 5) is 12.5. The van der Waals surface area contributed by atoms with Crippen molar-refractivity contribution in [2.24, 2.45) is 7.05 Å². The molecular weight excluding hydrogens is 346 g/mol. The van der Waals surface area contributed by atoms with E-state index >= 15 is 0 Å². The number of ether oxygens (including phenoxy) is 2. The van der Waals surface area contributed by atoms with E-state index in [0.29, 0.717) is 35.0 Å². The first-order valence-electron chi connectivity index (χ1n) is 8.41. The van der Waals surface area contributed by atoms with Gasteiger partial charge in [0.1, 0.15) is 11.5 Å². The molecule has 0 aliphatic rings. The summed E-state index contributed by atoms with van der Waals surface area (Å²) in [5.74, 6) is 2.57. The van der Waals surface area contributed by atoms with Gasteiger partial charge in [0.25, 0.3) is 5.56 Å². The maximum atomic E-state index is 12.5. The second-order valence-electron chi connectivity index (χ2n) is 6.09. The third-order valence-corrected chi connectivity index (χ3v) is 4.50. The van der Waals surface area contributed by atoms with Crippen LogP contribution in [0.2, 0.25) is 0 Å². The van der Waals surface area contributed by atoms with Crippen LogP contribution in [0.25, 0.3) is 16.7 Å². The summed E-state index contributed by atoms with van der Waals surface area (Å²) in [6.07, 6.45) is 0. The molecule has 0 saturated carbocycles. The van der Waals surface area contributed by atoms with Gasteiger partial charge in [-0.1, -0.05) is 12.1 Å². The van der Waals surface area contributed by atoms with Gasteiger partial charge in [0.2, 0.25) is 5.78 Å². The van der Waals surface area contributed by atoms with Gasteiger partial charge in [-0.2, -0.15) is 0 Å². The van der Waals surface area contributed by atoms with Crippen LogP contribution < -0.4 is 20.3 Å². The van der Waals surface area contributed by atoms with E-state index in [2.05, 4.69) is 15.5 Å². The Labute approximate surface area is 155 Å².